The molecule has 12 heavy (non-hydrogen) atoms. The van der Waals surface area contributed by atoms with E-state index in [1.165, 1.54) is 6.42 Å². The Hall–Kier alpha value is -0.330. The van der Waals surface area contributed by atoms with Gasteiger partial charge in [0.1, 0.15) is 5.78 Å². The molecule has 1 nitrogen and oxygen atoms in total. The van der Waals surface area contributed by atoms with Gasteiger partial charge in [-0.15, -0.1) is 0 Å². The minimum Gasteiger partial charge on any atom is -0.299 e. The average molecular weight is 163 g/mol. The summed E-state index contributed by atoms with van der Waals surface area (Å²) in [6, 6.07) is 0. The average Bonchev–Trinajstić information content (AvgIpc) is 2.56. The van der Waals surface area contributed by atoms with E-state index < -0.39 is 0 Å². The molecule has 0 bridgehead atoms. The van der Waals surface area contributed by atoms with Crippen molar-refractivity contribution < 1.29 is 4.79 Å². The zero-order valence-electron chi connectivity index (χ0n) is 7.55. The molecular weight excluding hydrogens is 148 g/mol. The lowest BCUT2D eigenvalue weighted by molar-refractivity contribution is -0.116. The monoisotopic (exact) mass is 163 g/mol. The van der Waals surface area contributed by atoms with Crippen LogP contribution in [0.25, 0.3) is 0 Å². The molecule has 1 aliphatic rings. The van der Waals surface area contributed by atoms with Crippen LogP contribution in [0.15, 0.2) is 0 Å². The van der Waals surface area contributed by atoms with Gasteiger partial charge >= 0.3 is 0 Å². The van der Waals surface area contributed by atoms with E-state index in [9.17, 15) is 4.79 Å². The molecule has 0 amide bonds. The van der Waals surface area contributed by atoms with Crippen LogP contribution in [0.4, 0.5) is 0 Å². The van der Waals surface area contributed by atoms with Crippen molar-refractivity contribution in [3.05, 3.63) is 31.6 Å². The van der Waals surface area contributed by atoms with Gasteiger partial charge in [-0.2, -0.15) is 0 Å². The molecule has 1 saturated carbocycles. The minimum atomic E-state index is 0.286. The van der Waals surface area contributed by atoms with Crippen LogP contribution in [0.5, 0.6) is 0 Å². The number of hydrogen-bond donors (Lipinski definition) is 0. The summed E-state index contributed by atoms with van der Waals surface area (Å²) >= 11 is 0. The van der Waals surface area contributed by atoms with Gasteiger partial charge in [-0.3, -0.25) is 4.79 Å². The number of carbonyl (C=O) groups is 1. The number of Topliss-reactive ketones (excluding diaryl/α,β-unsaturated/α-hetero) is 1. The smallest absolute Gasteiger partial charge is 0.140 e. The van der Waals surface area contributed by atoms with Crippen molar-refractivity contribution in [3.63, 3.8) is 0 Å². The molecule has 0 heterocycles. The maximum atomic E-state index is 11.4. The fraction of sp³-hybridized carbons (Fsp3) is 0.455. The van der Waals surface area contributed by atoms with Gasteiger partial charge in [0.2, 0.25) is 0 Å². The second kappa shape index (κ2) is 5.34. The highest BCUT2D eigenvalue weighted by molar-refractivity contribution is 5.97. The van der Waals surface area contributed by atoms with E-state index in [0.717, 1.165) is 18.8 Å². The summed E-state index contributed by atoms with van der Waals surface area (Å²) in [5.41, 5.74) is 0. The molecule has 1 heteroatoms. The third-order valence-electron chi connectivity index (χ3n) is 1.99. The number of carbonyl (C=O) groups excluding carboxylic acids is 1. The third-order valence-corrected chi connectivity index (χ3v) is 1.99. The Kier molecular flexibility index (Phi) is 4.34. The van der Waals surface area contributed by atoms with E-state index in [-0.39, 0.29) is 5.78 Å². The highest BCUT2D eigenvalue weighted by Gasteiger charge is 2.23. The molecular formula is C11H15O. The fourth-order valence-corrected chi connectivity index (χ4v) is 1.24. The van der Waals surface area contributed by atoms with E-state index in [1.807, 2.05) is 25.7 Å². The summed E-state index contributed by atoms with van der Waals surface area (Å²) in [7, 11) is 0. The highest BCUT2D eigenvalue weighted by Crippen LogP contribution is 2.25. The maximum absolute atomic E-state index is 11.4. The first kappa shape index (κ1) is 9.76. The van der Waals surface area contributed by atoms with Crippen molar-refractivity contribution >= 4 is 5.78 Å². The van der Waals surface area contributed by atoms with Crippen molar-refractivity contribution in [1.29, 1.82) is 0 Å². The van der Waals surface area contributed by atoms with E-state index in [1.54, 1.807) is 0 Å². The topological polar surface area (TPSA) is 17.1 Å². The van der Waals surface area contributed by atoms with Gasteiger partial charge in [-0.05, 0) is 32.1 Å². The SMILES string of the molecule is CCCCCC(=O)[C]1[CH][CH][CH][CH]1. The van der Waals surface area contributed by atoms with Gasteiger partial charge in [0.05, 0.1) is 0 Å². The highest BCUT2D eigenvalue weighted by atomic mass is 16.1. The molecule has 0 aromatic carbocycles. The molecule has 1 aliphatic carbocycles. The molecule has 1 fully saturated rings. The molecule has 0 saturated heterocycles. The predicted octanol–water partition coefficient (Wildman–Crippen LogP) is 2.54. The number of ketones is 1. The molecule has 0 atom stereocenters. The third kappa shape index (κ3) is 2.96. The lowest BCUT2D eigenvalue weighted by atomic mass is 9.98. The van der Waals surface area contributed by atoms with Crippen molar-refractivity contribution in [2.75, 3.05) is 0 Å². The van der Waals surface area contributed by atoms with Crippen LogP contribution in [0.3, 0.4) is 0 Å². The van der Waals surface area contributed by atoms with E-state index >= 15 is 0 Å². The summed E-state index contributed by atoms with van der Waals surface area (Å²) in [6.45, 7) is 2.15. The molecule has 0 aromatic heterocycles. The van der Waals surface area contributed by atoms with Gasteiger partial charge in [0.15, 0.2) is 0 Å². The van der Waals surface area contributed by atoms with Crippen LogP contribution in [0.2, 0.25) is 0 Å². The van der Waals surface area contributed by atoms with Crippen LogP contribution >= 0.6 is 0 Å². The second-order valence-corrected chi connectivity index (χ2v) is 3.05. The molecule has 65 valence electrons. The quantitative estimate of drug-likeness (QED) is 0.569. The van der Waals surface area contributed by atoms with Gasteiger partial charge in [0.25, 0.3) is 0 Å². The van der Waals surface area contributed by atoms with Crippen LogP contribution in [-0.2, 0) is 4.79 Å². The Morgan fingerprint density at radius 1 is 1.25 bits per heavy atom. The molecule has 0 aliphatic heterocycles. The summed E-state index contributed by atoms with van der Waals surface area (Å²) in [4.78, 5) is 11.4. The minimum absolute atomic E-state index is 0.286. The largest absolute Gasteiger partial charge is 0.299 e. The fourth-order valence-electron chi connectivity index (χ4n) is 1.24. The summed E-state index contributed by atoms with van der Waals surface area (Å²) in [6.07, 6.45) is 11.7. The Balaban J connectivity index is 2.10. The van der Waals surface area contributed by atoms with Crippen molar-refractivity contribution in [3.8, 4) is 0 Å². The molecule has 0 unspecified atom stereocenters. The number of rotatable bonds is 5. The molecule has 0 spiro atoms. The van der Waals surface area contributed by atoms with Crippen LogP contribution in [0, 0.1) is 31.6 Å². The van der Waals surface area contributed by atoms with Gasteiger partial charge in [-0.1, -0.05) is 19.8 Å². The van der Waals surface area contributed by atoms with E-state index in [0.29, 0.717) is 6.42 Å². The first-order chi connectivity index (χ1) is 5.84. The lowest BCUT2D eigenvalue weighted by Crippen LogP contribution is -2.08. The molecule has 1 rings (SSSR count). The van der Waals surface area contributed by atoms with Crippen LogP contribution < -0.4 is 0 Å². The van der Waals surface area contributed by atoms with Crippen LogP contribution in [-0.4, -0.2) is 5.78 Å². The van der Waals surface area contributed by atoms with Crippen LogP contribution in [0.1, 0.15) is 32.6 Å². The first-order valence-electron chi connectivity index (χ1n) is 4.59. The number of hydrogen-bond acceptors (Lipinski definition) is 1. The number of unbranched alkanes of at least 4 members (excludes halogenated alkanes) is 2. The Morgan fingerprint density at radius 3 is 2.50 bits per heavy atom. The Labute approximate surface area is 75.5 Å². The first-order valence-corrected chi connectivity index (χ1v) is 4.59. The zero-order chi connectivity index (χ0) is 8.81. The van der Waals surface area contributed by atoms with Crippen molar-refractivity contribution in [1.82, 2.24) is 0 Å². The molecule has 0 N–H and O–H groups in total. The van der Waals surface area contributed by atoms with E-state index in [4.69, 9.17) is 0 Å². The molecule has 5 radical (unpaired) electrons. The van der Waals surface area contributed by atoms with Crippen molar-refractivity contribution in [2.24, 2.45) is 0 Å². The lowest BCUT2D eigenvalue weighted by Gasteiger charge is -2.04. The van der Waals surface area contributed by atoms with Gasteiger partial charge in [0, 0.05) is 12.3 Å². The van der Waals surface area contributed by atoms with Gasteiger partial charge < -0.3 is 0 Å². The summed E-state index contributed by atoms with van der Waals surface area (Å²) < 4.78 is 0. The predicted molar refractivity (Wildman–Crippen MR) is 49.6 cm³/mol. The molecule has 0 aromatic rings. The maximum Gasteiger partial charge on any atom is 0.140 e. The van der Waals surface area contributed by atoms with Crippen molar-refractivity contribution in [2.45, 2.75) is 32.6 Å². The van der Waals surface area contributed by atoms with Gasteiger partial charge in [-0.25, -0.2) is 0 Å². The second-order valence-electron chi connectivity index (χ2n) is 3.05. The Bertz CT molecular complexity index is 134. The Morgan fingerprint density at radius 2 is 1.92 bits per heavy atom. The zero-order valence-corrected chi connectivity index (χ0v) is 7.55. The summed E-state index contributed by atoms with van der Waals surface area (Å²) in [5.74, 6) is 1.15. The normalized spacial score (nSPS) is 18.4. The van der Waals surface area contributed by atoms with E-state index in [2.05, 4.69) is 6.92 Å². The summed E-state index contributed by atoms with van der Waals surface area (Å²) in [5, 5.41) is 0. The standard InChI is InChI=1S/C11H15O/c1-2-3-4-9-11(12)10-7-5-6-8-10/h5-8H,2-4,9H2,1H3.